The van der Waals surface area contributed by atoms with E-state index in [4.69, 9.17) is 0 Å². The third-order valence-electron chi connectivity index (χ3n) is 3.88. The normalized spacial score (nSPS) is 16.9. The van der Waals surface area contributed by atoms with Crippen LogP contribution in [-0.2, 0) is 0 Å². The number of hydrogen-bond donors (Lipinski definition) is 2. The molecule has 3 heteroatoms. The van der Waals surface area contributed by atoms with Crippen molar-refractivity contribution in [3.63, 3.8) is 0 Å². The molecule has 2 rings (SSSR count). The zero-order chi connectivity index (χ0) is 12.3. The van der Waals surface area contributed by atoms with Gasteiger partial charge in [0.05, 0.1) is 23.8 Å². The molecule has 1 saturated carbocycles. The summed E-state index contributed by atoms with van der Waals surface area (Å²) in [6.07, 6.45) is 6.48. The predicted octanol–water partition coefficient (Wildman–Crippen LogP) is 3.36. The van der Waals surface area contributed by atoms with Gasteiger partial charge in [-0.25, -0.2) is 0 Å². The van der Waals surface area contributed by atoms with Crippen LogP contribution in [0.1, 0.15) is 33.6 Å². The Kier molecular flexibility index (Phi) is 3.55. The van der Waals surface area contributed by atoms with Crippen molar-refractivity contribution < 1.29 is 0 Å². The first kappa shape index (κ1) is 12.2. The number of nitrogens with zero attached hydrogens (tertiary/aromatic N) is 1. The van der Waals surface area contributed by atoms with Crippen molar-refractivity contribution in [1.29, 1.82) is 0 Å². The van der Waals surface area contributed by atoms with Gasteiger partial charge >= 0.3 is 0 Å². The van der Waals surface area contributed by atoms with Crippen LogP contribution >= 0.6 is 0 Å². The molecular formula is C14H23N3. The monoisotopic (exact) mass is 233 g/mol. The minimum atomic E-state index is 0.536. The largest absolute Gasteiger partial charge is 0.384 e. The summed E-state index contributed by atoms with van der Waals surface area (Å²) in [5.41, 5.74) is 2.75. The van der Waals surface area contributed by atoms with E-state index in [1.165, 1.54) is 12.8 Å². The van der Waals surface area contributed by atoms with Crippen molar-refractivity contribution in [3.8, 4) is 0 Å². The highest BCUT2D eigenvalue weighted by atomic mass is 14.9. The Balaban J connectivity index is 1.93. The smallest absolute Gasteiger partial charge is 0.0547 e. The summed E-state index contributed by atoms with van der Waals surface area (Å²) in [6.45, 7) is 8.74. The Hall–Kier alpha value is -1.25. The third-order valence-corrected chi connectivity index (χ3v) is 3.88. The molecule has 0 radical (unpaired) electrons. The maximum Gasteiger partial charge on any atom is 0.0547 e. The lowest BCUT2D eigenvalue weighted by Gasteiger charge is -2.20. The molecule has 94 valence electrons. The van der Waals surface area contributed by atoms with Crippen molar-refractivity contribution in [2.75, 3.05) is 23.7 Å². The van der Waals surface area contributed by atoms with Crippen LogP contribution in [0.25, 0.3) is 0 Å². The molecule has 0 aromatic carbocycles. The molecule has 17 heavy (non-hydrogen) atoms. The van der Waals surface area contributed by atoms with Gasteiger partial charge in [-0.2, -0.15) is 0 Å². The number of anilines is 2. The number of pyridine rings is 1. The van der Waals surface area contributed by atoms with Gasteiger partial charge in [-0.15, -0.1) is 0 Å². The Bertz CT molecular complexity index is 369. The Morgan fingerprint density at radius 1 is 1.24 bits per heavy atom. The molecule has 1 aromatic rings. The SMILES string of the molecule is CCNc1cncc(NCC2(C(C)C)CC2)c1. The summed E-state index contributed by atoms with van der Waals surface area (Å²) in [5.74, 6) is 0.764. The highest BCUT2D eigenvalue weighted by Crippen LogP contribution is 2.51. The van der Waals surface area contributed by atoms with Gasteiger partial charge in [0, 0.05) is 13.1 Å². The van der Waals surface area contributed by atoms with Gasteiger partial charge in [0.25, 0.3) is 0 Å². The van der Waals surface area contributed by atoms with E-state index < -0.39 is 0 Å². The summed E-state index contributed by atoms with van der Waals surface area (Å²) in [7, 11) is 0. The lowest BCUT2D eigenvalue weighted by Crippen LogP contribution is -2.20. The fourth-order valence-corrected chi connectivity index (χ4v) is 2.23. The highest BCUT2D eigenvalue weighted by Gasteiger charge is 2.44. The standard InChI is InChI=1S/C14H23N3/c1-4-16-12-7-13(9-15-8-12)17-10-14(5-6-14)11(2)3/h7-9,11,16-17H,4-6,10H2,1-3H3. The van der Waals surface area contributed by atoms with Gasteiger partial charge in [-0.3, -0.25) is 4.98 Å². The fourth-order valence-electron chi connectivity index (χ4n) is 2.23. The molecule has 0 saturated heterocycles. The molecule has 1 heterocycles. The summed E-state index contributed by atoms with van der Waals surface area (Å²) in [6, 6.07) is 2.13. The summed E-state index contributed by atoms with van der Waals surface area (Å²) in [4.78, 5) is 4.24. The molecule has 2 N–H and O–H groups in total. The van der Waals surface area contributed by atoms with Crippen LogP contribution in [0.15, 0.2) is 18.5 Å². The van der Waals surface area contributed by atoms with E-state index in [2.05, 4.69) is 42.5 Å². The number of rotatable bonds is 6. The van der Waals surface area contributed by atoms with Crippen LogP contribution in [0.4, 0.5) is 11.4 Å². The van der Waals surface area contributed by atoms with E-state index in [0.29, 0.717) is 5.41 Å². The second-order valence-electron chi connectivity index (χ2n) is 5.36. The molecular weight excluding hydrogens is 210 g/mol. The molecule has 0 aliphatic heterocycles. The van der Waals surface area contributed by atoms with E-state index >= 15 is 0 Å². The van der Waals surface area contributed by atoms with E-state index in [1.54, 1.807) is 0 Å². The van der Waals surface area contributed by atoms with Crippen molar-refractivity contribution in [2.45, 2.75) is 33.6 Å². The van der Waals surface area contributed by atoms with Gasteiger partial charge < -0.3 is 10.6 Å². The molecule has 1 aliphatic rings. The Morgan fingerprint density at radius 2 is 1.88 bits per heavy atom. The van der Waals surface area contributed by atoms with Gasteiger partial charge in [0.1, 0.15) is 0 Å². The average Bonchev–Trinajstić information content (AvgIpc) is 3.08. The van der Waals surface area contributed by atoms with E-state index in [9.17, 15) is 0 Å². The number of nitrogens with one attached hydrogen (secondary N) is 2. The van der Waals surface area contributed by atoms with Crippen molar-refractivity contribution in [1.82, 2.24) is 4.98 Å². The lowest BCUT2D eigenvalue weighted by molar-refractivity contribution is 0.380. The second-order valence-corrected chi connectivity index (χ2v) is 5.36. The molecule has 1 fully saturated rings. The maximum absolute atomic E-state index is 4.24. The van der Waals surface area contributed by atoms with Gasteiger partial charge in [0.2, 0.25) is 0 Å². The molecule has 1 aliphatic carbocycles. The fraction of sp³-hybridized carbons (Fsp3) is 0.643. The molecule has 0 amide bonds. The van der Waals surface area contributed by atoms with Gasteiger partial charge in [-0.05, 0) is 37.2 Å². The van der Waals surface area contributed by atoms with Gasteiger partial charge in [0.15, 0.2) is 0 Å². The minimum absolute atomic E-state index is 0.536. The van der Waals surface area contributed by atoms with Crippen molar-refractivity contribution >= 4 is 11.4 Å². The summed E-state index contributed by atoms with van der Waals surface area (Å²) >= 11 is 0. The number of hydrogen-bond acceptors (Lipinski definition) is 3. The summed E-state index contributed by atoms with van der Waals surface area (Å²) in [5, 5.41) is 6.81. The van der Waals surface area contributed by atoms with Crippen LogP contribution in [0.5, 0.6) is 0 Å². The van der Waals surface area contributed by atoms with E-state index in [1.807, 2.05) is 12.4 Å². The van der Waals surface area contributed by atoms with Crippen molar-refractivity contribution in [2.24, 2.45) is 11.3 Å². The third kappa shape index (κ3) is 2.90. The molecule has 0 atom stereocenters. The molecule has 0 spiro atoms. The average molecular weight is 233 g/mol. The van der Waals surface area contributed by atoms with E-state index in [0.717, 1.165) is 30.4 Å². The first-order chi connectivity index (χ1) is 8.16. The topological polar surface area (TPSA) is 37.0 Å². The van der Waals surface area contributed by atoms with Crippen LogP contribution in [0.3, 0.4) is 0 Å². The molecule has 3 nitrogen and oxygen atoms in total. The molecule has 0 bridgehead atoms. The Labute approximate surface area is 104 Å². The zero-order valence-electron chi connectivity index (χ0n) is 11.1. The molecule has 1 aromatic heterocycles. The lowest BCUT2D eigenvalue weighted by atomic mass is 9.92. The van der Waals surface area contributed by atoms with Crippen LogP contribution < -0.4 is 10.6 Å². The van der Waals surface area contributed by atoms with Crippen molar-refractivity contribution in [3.05, 3.63) is 18.5 Å². The zero-order valence-corrected chi connectivity index (χ0v) is 11.1. The highest BCUT2D eigenvalue weighted by molar-refractivity contribution is 5.54. The summed E-state index contributed by atoms with van der Waals surface area (Å²) < 4.78 is 0. The second kappa shape index (κ2) is 4.94. The first-order valence-electron chi connectivity index (χ1n) is 6.59. The number of aromatic nitrogens is 1. The van der Waals surface area contributed by atoms with Gasteiger partial charge in [-0.1, -0.05) is 13.8 Å². The van der Waals surface area contributed by atoms with Crippen LogP contribution in [-0.4, -0.2) is 18.1 Å². The van der Waals surface area contributed by atoms with Crippen LogP contribution in [0, 0.1) is 11.3 Å². The molecule has 0 unspecified atom stereocenters. The predicted molar refractivity (Wildman–Crippen MR) is 73.4 cm³/mol. The quantitative estimate of drug-likeness (QED) is 0.791. The first-order valence-corrected chi connectivity index (χ1v) is 6.59. The Morgan fingerprint density at radius 3 is 2.41 bits per heavy atom. The minimum Gasteiger partial charge on any atom is -0.384 e. The maximum atomic E-state index is 4.24. The van der Waals surface area contributed by atoms with Crippen LogP contribution in [0.2, 0.25) is 0 Å². The van der Waals surface area contributed by atoms with E-state index in [-0.39, 0.29) is 0 Å².